The number of halogens is 1. The van der Waals surface area contributed by atoms with Crippen LogP contribution >= 0.6 is 0 Å². The van der Waals surface area contributed by atoms with Crippen molar-refractivity contribution in [3.8, 4) is 5.75 Å². The lowest BCUT2D eigenvalue weighted by Gasteiger charge is -2.00. The first-order valence-electron chi connectivity index (χ1n) is 2.91. The van der Waals surface area contributed by atoms with Crippen LogP contribution in [0.2, 0.25) is 0 Å². The van der Waals surface area contributed by atoms with Gasteiger partial charge in [0.1, 0.15) is 0 Å². The Morgan fingerprint density at radius 1 is 1.60 bits per heavy atom. The maximum Gasteiger partial charge on any atom is 0.186 e. The first-order valence-corrected chi connectivity index (χ1v) is 2.91. The predicted octanol–water partition coefficient (Wildman–Crippen LogP) is 1.54. The largest absolute Gasteiger partial charge is 0.494 e. The van der Waals surface area contributed by atoms with Gasteiger partial charge in [0.25, 0.3) is 0 Å². The smallest absolute Gasteiger partial charge is 0.186 e. The van der Waals surface area contributed by atoms with Gasteiger partial charge in [-0.3, -0.25) is 4.98 Å². The fourth-order valence-electron chi connectivity index (χ4n) is 0.683. The molecule has 0 fully saturated rings. The highest BCUT2D eigenvalue weighted by Gasteiger charge is 2.03. The van der Waals surface area contributed by atoms with Gasteiger partial charge in [0.2, 0.25) is 0 Å². The Morgan fingerprint density at radius 2 is 2.30 bits per heavy atom. The van der Waals surface area contributed by atoms with Crippen molar-refractivity contribution in [3.63, 3.8) is 0 Å². The Kier molecular flexibility index (Phi) is 1.85. The van der Waals surface area contributed by atoms with E-state index in [4.69, 9.17) is 4.74 Å². The van der Waals surface area contributed by atoms with Crippen LogP contribution in [0.4, 0.5) is 4.39 Å². The van der Waals surface area contributed by atoms with Crippen LogP contribution in [0.15, 0.2) is 12.3 Å². The van der Waals surface area contributed by atoms with Crippen LogP contribution in [-0.2, 0) is 0 Å². The Hall–Kier alpha value is -1.12. The average molecular weight is 141 g/mol. The summed E-state index contributed by atoms with van der Waals surface area (Å²) in [6, 6.07) is 1.49. The van der Waals surface area contributed by atoms with Gasteiger partial charge in [0, 0.05) is 12.3 Å². The minimum atomic E-state index is -0.384. The second-order valence-electron chi connectivity index (χ2n) is 1.91. The number of ether oxygens (including phenoxy) is 1. The number of hydrogen-bond donors (Lipinski definition) is 0. The van der Waals surface area contributed by atoms with Gasteiger partial charge in [0.05, 0.1) is 12.8 Å². The average Bonchev–Trinajstić information content (AvgIpc) is 1.95. The van der Waals surface area contributed by atoms with Gasteiger partial charge in [-0.15, -0.1) is 0 Å². The lowest BCUT2D eigenvalue weighted by atomic mass is 10.3. The van der Waals surface area contributed by atoms with E-state index in [2.05, 4.69) is 4.98 Å². The molecule has 1 heterocycles. The molecule has 1 aromatic rings. The minimum Gasteiger partial charge on any atom is -0.494 e. The molecule has 0 aliphatic rings. The van der Waals surface area contributed by atoms with E-state index >= 15 is 0 Å². The lowest BCUT2D eigenvalue weighted by molar-refractivity contribution is 0.383. The number of aromatic nitrogens is 1. The van der Waals surface area contributed by atoms with Crippen LogP contribution in [-0.4, -0.2) is 12.1 Å². The van der Waals surface area contributed by atoms with Crippen LogP contribution < -0.4 is 4.74 Å². The molecule has 0 aliphatic heterocycles. The van der Waals surface area contributed by atoms with Crippen molar-refractivity contribution < 1.29 is 9.13 Å². The Labute approximate surface area is 58.7 Å². The molecule has 0 radical (unpaired) electrons. The van der Waals surface area contributed by atoms with Crippen molar-refractivity contribution in [3.05, 3.63) is 23.8 Å². The van der Waals surface area contributed by atoms with Crippen molar-refractivity contribution in [1.29, 1.82) is 0 Å². The van der Waals surface area contributed by atoms with Gasteiger partial charge in [-0.2, -0.15) is 0 Å². The van der Waals surface area contributed by atoms with Crippen LogP contribution in [0.3, 0.4) is 0 Å². The van der Waals surface area contributed by atoms with E-state index < -0.39 is 0 Å². The lowest BCUT2D eigenvalue weighted by Crippen LogP contribution is -1.92. The SMILES string of the molecule is COc1ccnc(C)c1F. The molecule has 0 saturated carbocycles. The molecule has 1 rings (SSSR count). The van der Waals surface area contributed by atoms with E-state index in [0.717, 1.165) is 0 Å². The van der Waals surface area contributed by atoms with E-state index in [1.807, 2.05) is 0 Å². The molecule has 0 unspecified atom stereocenters. The molecule has 0 atom stereocenters. The number of aryl methyl sites for hydroxylation is 1. The Bertz CT molecular complexity index is 237. The molecule has 0 saturated heterocycles. The summed E-state index contributed by atoms with van der Waals surface area (Å²) >= 11 is 0. The fraction of sp³-hybridized carbons (Fsp3) is 0.286. The Morgan fingerprint density at radius 3 is 2.80 bits per heavy atom. The summed E-state index contributed by atoms with van der Waals surface area (Å²) < 4.78 is 17.5. The molecular formula is C7H8FNO. The van der Waals surface area contributed by atoms with Gasteiger partial charge in [0.15, 0.2) is 11.6 Å². The molecule has 0 N–H and O–H groups in total. The van der Waals surface area contributed by atoms with Crippen molar-refractivity contribution >= 4 is 0 Å². The summed E-state index contributed by atoms with van der Waals surface area (Å²) in [4.78, 5) is 3.73. The number of methoxy groups -OCH3 is 1. The van der Waals surface area contributed by atoms with E-state index in [9.17, 15) is 4.39 Å². The monoisotopic (exact) mass is 141 g/mol. The molecule has 0 spiro atoms. The number of hydrogen-bond acceptors (Lipinski definition) is 2. The standard InChI is InChI=1S/C7H8FNO/c1-5-7(8)6(10-2)3-4-9-5/h3-4H,1-2H3. The maximum atomic E-state index is 12.8. The summed E-state index contributed by atoms with van der Waals surface area (Å²) in [7, 11) is 1.43. The zero-order chi connectivity index (χ0) is 7.56. The van der Waals surface area contributed by atoms with Crippen LogP contribution in [0.5, 0.6) is 5.75 Å². The first kappa shape index (κ1) is 6.99. The normalized spacial score (nSPS) is 9.50. The number of rotatable bonds is 1. The van der Waals surface area contributed by atoms with Crippen molar-refractivity contribution in [2.24, 2.45) is 0 Å². The highest BCUT2D eigenvalue weighted by Crippen LogP contribution is 2.16. The third kappa shape index (κ3) is 1.07. The second-order valence-corrected chi connectivity index (χ2v) is 1.91. The predicted molar refractivity (Wildman–Crippen MR) is 35.5 cm³/mol. The molecule has 0 bridgehead atoms. The highest BCUT2D eigenvalue weighted by atomic mass is 19.1. The zero-order valence-corrected chi connectivity index (χ0v) is 5.89. The van der Waals surface area contributed by atoms with Crippen LogP contribution in [0, 0.1) is 12.7 Å². The van der Waals surface area contributed by atoms with E-state index in [0.29, 0.717) is 5.69 Å². The number of nitrogens with zero attached hydrogens (tertiary/aromatic N) is 1. The molecule has 0 aromatic carbocycles. The number of pyridine rings is 1. The molecule has 10 heavy (non-hydrogen) atoms. The molecular weight excluding hydrogens is 133 g/mol. The molecule has 2 nitrogen and oxygen atoms in total. The van der Waals surface area contributed by atoms with Gasteiger partial charge < -0.3 is 4.74 Å². The summed E-state index contributed by atoms with van der Waals surface area (Å²) in [5.74, 6) is -0.141. The maximum absolute atomic E-state index is 12.8. The van der Waals surface area contributed by atoms with Gasteiger partial charge >= 0.3 is 0 Å². The van der Waals surface area contributed by atoms with Crippen LogP contribution in [0.1, 0.15) is 5.69 Å². The van der Waals surface area contributed by atoms with Crippen molar-refractivity contribution in [2.45, 2.75) is 6.92 Å². The van der Waals surface area contributed by atoms with E-state index in [1.165, 1.54) is 19.4 Å². The van der Waals surface area contributed by atoms with Crippen LogP contribution in [0.25, 0.3) is 0 Å². The highest BCUT2D eigenvalue weighted by molar-refractivity contribution is 5.24. The van der Waals surface area contributed by atoms with Crippen molar-refractivity contribution in [1.82, 2.24) is 4.98 Å². The van der Waals surface area contributed by atoms with E-state index in [-0.39, 0.29) is 11.6 Å². The molecule has 0 amide bonds. The fourth-order valence-corrected chi connectivity index (χ4v) is 0.683. The third-order valence-corrected chi connectivity index (χ3v) is 1.25. The summed E-state index contributed by atoms with van der Waals surface area (Å²) in [5.41, 5.74) is 0.361. The van der Waals surface area contributed by atoms with Gasteiger partial charge in [-0.1, -0.05) is 0 Å². The summed E-state index contributed by atoms with van der Waals surface area (Å²) in [6.45, 7) is 1.60. The minimum absolute atomic E-state index is 0.243. The zero-order valence-electron chi connectivity index (χ0n) is 5.89. The van der Waals surface area contributed by atoms with Crippen molar-refractivity contribution in [2.75, 3.05) is 7.11 Å². The third-order valence-electron chi connectivity index (χ3n) is 1.25. The Balaban J connectivity index is 3.14. The first-order chi connectivity index (χ1) is 4.75. The van der Waals surface area contributed by atoms with E-state index in [1.54, 1.807) is 6.92 Å². The second kappa shape index (κ2) is 2.64. The quantitative estimate of drug-likeness (QED) is 0.591. The molecule has 1 aromatic heterocycles. The molecule has 3 heteroatoms. The summed E-state index contributed by atoms with van der Waals surface area (Å²) in [6.07, 6.45) is 1.51. The van der Waals surface area contributed by atoms with Gasteiger partial charge in [-0.05, 0) is 6.92 Å². The topological polar surface area (TPSA) is 22.1 Å². The molecule has 0 aliphatic carbocycles. The van der Waals surface area contributed by atoms with Gasteiger partial charge in [-0.25, -0.2) is 4.39 Å². The molecule has 54 valence electrons. The summed E-state index contributed by atoms with van der Waals surface area (Å²) in [5, 5.41) is 0.